The van der Waals surface area contributed by atoms with Gasteiger partial charge in [0, 0.05) is 38.9 Å². The second-order valence-electron chi connectivity index (χ2n) is 6.22. The van der Waals surface area contributed by atoms with E-state index in [0.717, 1.165) is 37.9 Å². The zero-order chi connectivity index (χ0) is 16.9. The number of aromatic amines is 1. The third-order valence-electron chi connectivity index (χ3n) is 4.38. The Kier molecular flexibility index (Phi) is 5.60. The fraction of sp³-hybridized carbons (Fsp3) is 0.500. The molecular formula is C18H23FN2O3. The van der Waals surface area contributed by atoms with E-state index in [2.05, 4.69) is 9.88 Å². The van der Waals surface area contributed by atoms with Crippen molar-refractivity contribution in [2.24, 2.45) is 0 Å². The van der Waals surface area contributed by atoms with Gasteiger partial charge in [0.05, 0.1) is 18.2 Å². The Hall–Kier alpha value is -1.76. The summed E-state index contributed by atoms with van der Waals surface area (Å²) in [7, 11) is 1.67. The monoisotopic (exact) mass is 334 g/mol. The zero-order valence-electron chi connectivity index (χ0n) is 13.9. The molecule has 1 N–H and O–H groups in total. The number of hydrogen-bond donors (Lipinski definition) is 1. The quantitative estimate of drug-likeness (QED) is 0.844. The van der Waals surface area contributed by atoms with Crippen LogP contribution in [0.3, 0.4) is 0 Å². The lowest BCUT2D eigenvalue weighted by Gasteiger charge is -2.24. The van der Waals surface area contributed by atoms with Crippen molar-refractivity contribution in [3.8, 4) is 0 Å². The third kappa shape index (κ3) is 4.20. The molecule has 0 bridgehead atoms. The number of hydrogen-bond acceptors (Lipinski definition) is 4. The summed E-state index contributed by atoms with van der Waals surface area (Å²) >= 11 is 0. The first kappa shape index (κ1) is 17.1. The lowest BCUT2D eigenvalue weighted by molar-refractivity contribution is 0.0586. The second-order valence-corrected chi connectivity index (χ2v) is 6.22. The van der Waals surface area contributed by atoms with Gasteiger partial charge in [-0.15, -0.1) is 0 Å². The van der Waals surface area contributed by atoms with Crippen molar-refractivity contribution in [2.45, 2.75) is 25.5 Å². The molecule has 130 valence electrons. The fourth-order valence-electron chi connectivity index (χ4n) is 3.11. The summed E-state index contributed by atoms with van der Waals surface area (Å²) in [6, 6.07) is 6.27. The minimum absolute atomic E-state index is 0.178. The maximum Gasteiger partial charge on any atom is 0.252 e. The summed E-state index contributed by atoms with van der Waals surface area (Å²) in [4.78, 5) is 17.3. The topological polar surface area (TPSA) is 54.6 Å². The average Bonchev–Trinajstić information content (AvgIpc) is 3.06. The molecule has 3 rings (SSSR count). The van der Waals surface area contributed by atoms with E-state index in [4.69, 9.17) is 9.47 Å². The molecule has 0 radical (unpaired) electrons. The summed E-state index contributed by atoms with van der Waals surface area (Å²) in [6.07, 6.45) is 2.36. The summed E-state index contributed by atoms with van der Waals surface area (Å²) in [5.74, 6) is -0.356. The van der Waals surface area contributed by atoms with Crippen molar-refractivity contribution in [1.82, 2.24) is 9.88 Å². The molecule has 2 heterocycles. The first-order valence-electron chi connectivity index (χ1n) is 8.30. The van der Waals surface area contributed by atoms with Gasteiger partial charge >= 0.3 is 0 Å². The molecule has 1 atom stereocenters. The van der Waals surface area contributed by atoms with Gasteiger partial charge in [-0.3, -0.25) is 9.69 Å². The highest BCUT2D eigenvalue weighted by molar-refractivity contribution is 5.78. The summed E-state index contributed by atoms with van der Waals surface area (Å²) in [5, 5.41) is 0.829. The van der Waals surface area contributed by atoms with Crippen molar-refractivity contribution >= 4 is 10.9 Å². The molecule has 0 unspecified atom stereocenters. The van der Waals surface area contributed by atoms with Crippen LogP contribution >= 0.6 is 0 Å². The number of nitrogens with zero attached hydrogens (tertiary/aromatic N) is 1. The van der Waals surface area contributed by atoms with Gasteiger partial charge in [-0.2, -0.15) is 0 Å². The first-order chi connectivity index (χ1) is 11.7. The summed E-state index contributed by atoms with van der Waals surface area (Å²) in [5.41, 5.74) is 1.01. The molecule has 0 amide bonds. The largest absolute Gasteiger partial charge is 0.383 e. The van der Waals surface area contributed by atoms with Crippen LogP contribution < -0.4 is 5.56 Å². The SMILES string of the molecule is COCCN(Cc1cc2ccc(F)cc2[nH]c1=O)C[C@@H]1CCCO1. The Labute approximate surface area is 140 Å². The van der Waals surface area contributed by atoms with Gasteiger partial charge in [0.15, 0.2) is 0 Å². The van der Waals surface area contributed by atoms with Crippen molar-refractivity contribution < 1.29 is 13.9 Å². The number of ether oxygens (including phenoxy) is 2. The van der Waals surface area contributed by atoms with Crippen LogP contribution in [0.2, 0.25) is 0 Å². The molecule has 1 aliphatic heterocycles. The van der Waals surface area contributed by atoms with E-state index in [-0.39, 0.29) is 17.5 Å². The molecule has 1 aromatic heterocycles. The minimum Gasteiger partial charge on any atom is -0.383 e. The van der Waals surface area contributed by atoms with Crippen LogP contribution in [0.15, 0.2) is 29.1 Å². The van der Waals surface area contributed by atoms with Crippen molar-refractivity contribution in [3.05, 3.63) is 46.0 Å². The van der Waals surface area contributed by atoms with Crippen LogP contribution in [0, 0.1) is 5.82 Å². The van der Waals surface area contributed by atoms with Gasteiger partial charge in [0.25, 0.3) is 5.56 Å². The Bertz CT molecular complexity index is 741. The van der Waals surface area contributed by atoms with Gasteiger partial charge in [-0.1, -0.05) is 0 Å². The van der Waals surface area contributed by atoms with Gasteiger partial charge in [-0.25, -0.2) is 4.39 Å². The standard InChI is InChI=1S/C18H23FN2O3/c1-23-8-6-21(12-16-3-2-7-24-16)11-14-9-13-4-5-15(19)10-17(13)20-18(14)22/h4-5,9-10,16H,2-3,6-8,11-12H2,1H3,(H,20,22)/t16-/m0/s1. The van der Waals surface area contributed by atoms with Gasteiger partial charge in [-0.05, 0) is 42.5 Å². The van der Waals surface area contributed by atoms with Crippen molar-refractivity contribution in [1.29, 1.82) is 0 Å². The number of methoxy groups -OCH3 is 1. The number of rotatable bonds is 7. The van der Waals surface area contributed by atoms with Crippen LogP contribution in [0.1, 0.15) is 18.4 Å². The normalized spacial score (nSPS) is 17.9. The predicted octanol–water partition coefficient (Wildman–Crippen LogP) is 2.29. The highest BCUT2D eigenvalue weighted by atomic mass is 19.1. The molecule has 6 heteroatoms. The summed E-state index contributed by atoms with van der Waals surface area (Å²) in [6.45, 7) is 3.45. The Balaban J connectivity index is 1.79. The third-order valence-corrected chi connectivity index (χ3v) is 4.38. The Morgan fingerprint density at radius 3 is 3.04 bits per heavy atom. The number of H-pyrrole nitrogens is 1. The maximum absolute atomic E-state index is 13.3. The van der Waals surface area contributed by atoms with E-state index in [1.54, 1.807) is 13.2 Å². The van der Waals surface area contributed by atoms with Crippen LogP contribution in [0.5, 0.6) is 0 Å². The van der Waals surface area contributed by atoms with E-state index >= 15 is 0 Å². The maximum atomic E-state index is 13.3. The second kappa shape index (κ2) is 7.88. The number of aromatic nitrogens is 1. The minimum atomic E-state index is -0.356. The Morgan fingerprint density at radius 2 is 2.29 bits per heavy atom. The van der Waals surface area contributed by atoms with E-state index in [9.17, 15) is 9.18 Å². The van der Waals surface area contributed by atoms with E-state index in [1.807, 2.05) is 6.07 Å². The number of nitrogens with one attached hydrogen (secondary N) is 1. The molecular weight excluding hydrogens is 311 g/mol. The number of halogens is 1. The van der Waals surface area contributed by atoms with E-state index < -0.39 is 0 Å². The molecule has 1 aliphatic rings. The molecule has 1 saturated heterocycles. The lowest BCUT2D eigenvalue weighted by Crippen LogP contribution is -2.35. The fourth-order valence-corrected chi connectivity index (χ4v) is 3.11. The number of fused-ring (bicyclic) bond motifs is 1. The van der Waals surface area contributed by atoms with Gasteiger partial charge in [0.2, 0.25) is 0 Å². The molecule has 5 nitrogen and oxygen atoms in total. The van der Waals surface area contributed by atoms with Crippen LogP contribution in [-0.2, 0) is 16.0 Å². The predicted molar refractivity (Wildman–Crippen MR) is 90.7 cm³/mol. The first-order valence-corrected chi connectivity index (χ1v) is 8.30. The van der Waals surface area contributed by atoms with Crippen LogP contribution in [0.25, 0.3) is 10.9 Å². The van der Waals surface area contributed by atoms with Gasteiger partial charge < -0.3 is 14.5 Å². The molecule has 24 heavy (non-hydrogen) atoms. The van der Waals surface area contributed by atoms with E-state index in [0.29, 0.717) is 24.2 Å². The van der Waals surface area contributed by atoms with Crippen molar-refractivity contribution in [2.75, 3.05) is 33.4 Å². The lowest BCUT2D eigenvalue weighted by atomic mass is 10.1. The van der Waals surface area contributed by atoms with Crippen LogP contribution in [-0.4, -0.2) is 49.4 Å². The van der Waals surface area contributed by atoms with Gasteiger partial charge in [0.1, 0.15) is 5.82 Å². The summed E-state index contributed by atoms with van der Waals surface area (Å²) < 4.78 is 24.2. The van der Waals surface area contributed by atoms with Crippen LogP contribution in [0.4, 0.5) is 4.39 Å². The zero-order valence-corrected chi connectivity index (χ0v) is 13.9. The highest BCUT2D eigenvalue weighted by Gasteiger charge is 2.20. The molecule has 0 spiro atoms. The van der Waals surface area contributed by atoms with E-state index in [1.165, 1.54) is 12.1 Å². The molecule has 1 fully saturated rings. The van der Waals surface area contributed by atoms with Crippen molar-refractivity contribution in [3.63, 3.8) is 0 Å². The Morgan fingerprint density at radius 1 is 1.42 bits per heavy atom. The average molecular weight is 334 g/mol. The smallest absolute Gasteiger partial charge is 0.252 e. The molecule has 0 saturated carbocycles. The molecule has 0 aliphatic carbocycles. The molecule has 1 aromatic carbocycles. The number of benzene rings is 1. The highest BCUT2D eigenvalue weighted by Crippen LogP contribution is 2.16. The molecule has 2 aromatic rings. The number of pyridine rings is 1.